The number of fused-ring (bicyclic) bond motifs is 1. The lowest BCUT2D eigenvalue weighted by atomic mass is 10.3. The number of pyridine rings is 1. The summed E-state index contributed by atoms with van der Waals surface area (Å²) in [5.74, 6) is -0.602. The second-order valence-corrected chi connectivity index (χ2v) is 8.47. The molecule has 11 heteroatoms. The number of nitrogens with zero attached hydrogens (tertiary/aromatic N) is 4. The SMILES string of the molecule is CN(CC(=O)Nc1cnc2c(c1)c(=O)n(C)c(=O)n2C)S(=O)(=O)c1ccccc1. The highest BCUT2D eigenvalue weighted by Gasteiger charge is 2.22. The number of likely N-dealkylation sites (N-methyl/N-ethyl adjacent to an activating group) is 1. The topological polar surface area (TPSA) is 123 Å². The average Bonchev–Trinajstić information content (AvgIpc) is 2.71. The van der Waals surface area contributed by atoms with Gasteiger partial charge in [-0.25, -0.2) is 18.2 Å². The summed E-state index contributed by atoms with van der Waals surface area (Å²) in [7, 11) is 0.310. The molecule has 0 unspecified atom stereocenters. The molecule has 0 radical (unpaired) electrons. The van der Waals surface area contributed by atoms with Crippen LogP contribution in [0.2, 0.25) is 0 Å². The third kappa shape index (κ3) is 3.82. The van der Waals surface area contributed by atoms with E-state index in [0.29, 0.717) is 0 Å². The Hall–Kier alpha value is -3.31. The second-order valence-electron chi connectivity index (χ2n) is 6.42. The molecule has 3 aromatic rings. The van der Waals surface area contributed by atoms with Gasteiger partial charge >= 0.3 is 5.69 Å². The third-order valence-electron chi connectivity index (χ3n) is 4.39. The first kappa shape index (κ1) is 20.4. The van der Waals surface area contributed by atoms with Crippen LogP contribution in [0.3, 0.4) is 0 Å². The smallest absolute Gasteiger partial charge is 0.324 e. The Morgan fingerprint density at radius 1 is 1.14 bits per heavy atom. The number of hydrogen-bond acceptors (Lipinski definition) is 6. The largest absolute Gasteiger partial charge is 0.332 e. The van der Waals surface area contributed by atoms with Crippen LogP contribution in [-0.2, 0) is 28.9 Å². The summed E-state index contributed by atoms with van der Waals surface area (Å²) >= 11 is 0. The van der Waals surface area contributed by atoms with Crippen molar-refractivity contribution in [3.63, 3.8) is 0 Å². The molecule has 0 atom stereocenters. The zero-order valence-electron chi connectivity index (χ0n) is 16.0. The zero-order valence-corrected chi connectivity index (χ0v) is 16.8. The molecule has 2 aromatic heterocycles. The number of anilines is 1. The van der Waals surface area contributed by atoms with Crippen LogP contribution in [0.15, 0.2) is 57.1 Å². The monoisotopic (exact) mass is 417 g/mol. The van der Waals surface area contributed by atoms with E-state index in [2.05, 4.69) is 10.3 Å². The molecule has 1 N–H and O–H groups in total. The number of benzene rings is 1. The van der Waals surface area contributed by atoms with E-state index in [0.717, 1.165) is 8.87 Å². The van der Waals surface area contributed by atoms with Crippen molar-refractivity contribution in [3.05, 3.63) is 63.4 Å². The lowest BCUT2D eigenvalue weighted by Gasteiger charge is -2.17. The molecule has 0 fully saturated rings. The summed E-state index contributed by atoms with van der Waals surface area (Å²) in [6, 6.07) is 9.16. The number of carbonyl (C=O) groups is 1. The van der Waals surface area contributed by atoms with Gasteiger partial charge in [-0.3, -0.25) is 18.7 Å². The van der Waals surface area contributed by atoms with E-state index in [9.17, 15) is 22.8 Å². The highest BCUT2D eigenvalue weighted by atomic mass is 32.2. The van der Waals surface area contributed by atoms with Crippen molar-refractivity contribution in [2.75, 3.05) is 18.9 Å². The Labute approximate surface area is 166 Å². The fourth-order valence-electron chi connectivity index (χ4n) is 2.79. The molecule has 0 saturated carbocycles. The number of sulfonamides is 1. The van der Waals surface area contributed by atoms with E-state index < -0.39 is 33.7 Å². The van der Waals surface area contributed by atoms with E-state index in [1.165, 1.54) is 50.1 Å². The maximum absolute atomic E-state index is 12.5. The highest BCUT2D eigenvalue weighted by molar-refractivity contribution is 7.89. The van der Waals surface area contributed by atoms with Crippen LogP contribution in [0.25, 0.3) is 11.0 Å². The van der Waals surface area contributed by atoms with Crippen molar-refractivity contribution in [2.24, 2.45) is 14.1 Å². The molecule has 0 aliphatic heterocycles. The number of rotatable bonds is 5. The van der Waals surface area contributed by atoms with Gasteiger partial charge in [-0.1, -0.05) is 18.2 Å². The summed E-state index contributed by atoms with van der Waals surface area (Å²) in [5, 5.41) is 2.68. The molecule has 29 heavy (non-hydrogen) atoms. The molecular formula is C18H19N5O5S. The fourth-order valence-corrected chi connectivity index (χ4v) is 3.94. The van der Waals surface area contributed by atoms with E-state index in [-0.39, 0.29) is 21.6 Å². The van der Waals surface area contributed by atoms with Crippen LogP contribution < -0.4 is 16.6 Å². The van der Waals surface area contributed by atoms with Gasteiger partial charge in [0, 0.05) is 21.1 Å². The Bertz CT molecular complexity index is 1310. The molecule has 10 nitrogen and oxygen atoms in total. The van der Waals surface area contributed by atoms with E-state index >= 15 is 0 Å². The Balaban J connectivity index is 1.83. The normalized spacial score (nSPS) is 11.7. The van der Waals surface area contributed by atoms with Crippen LogP contribution in [0, 0.1) is 0 Å². The molecule has 1 aromatic carbocycles. The van der Waals surface area contributed by atoms with E-state index in [1.807, 2.05) is 0 Å². The first-order valence-corrected chi connectivity index (χ1v) is 9.94. The van der Waals surface area contributed by atoms with Crippen molar-refractivity contribution in [1.82, 2.24) is 18.4 Å². The van der Waals surface area contributed by atoms with E-state index in [1.54, 1.807) is 18.2 Å². The fraction of sp³-hybridized carbons (Fsp3) is 0.222. The maximum atomic E-state index is 12.5. The van der Waals surface area contributed by atoms with Gasteiger partial charge in [0.05, 0.1) is 28.7 Å². The summed E-state index contributed by atoms with van der Waals surface area (Å²) in [5.41, 5.74) is -0.668. The van der Waals surface area contributed by atoms with Crippen LogP contribution >= 0.6 is 0 Å². The highest BCUT2D eigenvalue weighted by Crippen LogP contribution is 2.15. The Kier molecular flexibility index (Phi) is 5.36. The zero-order chi connectivity index (χ0) is 21.3. The predicted octanol–water partition coefficient (Wildman–Crippen LogP) is -0.109. The standard InChI is InChI=1S/C18H19N5O5S/c1-21(29(27,28)13-7-5-4-6-8-13)11-15(24)20-12-9-14-16(19-10-12)22(2)18(26)23(3)17(14)25/h4-10H,11H2,1-3H3,(H,20,24). The second kappa shape index (κ2) is 7.60. The van der Waals surface area contributed by atoms with Gasteiger partial charge in [-0.05, 0) is 18.2 Å². The number of aromatic nitrogens is 3. The summed E-state index contributed by atoms with van der Waals surface area (Å²) < 4.78 is 28.1. The quantitative estimate of drug-likeness (QED) is 0.618. The number of nitrogens with one attached hydrogen (secondary N) is 1. The van der Waals surface area contributed by atoms with Crippen LogP contribution in [-0.4, -0.2) is 46.3 Å². The number of hydrogen-bond donors (Lipinski definition) is 1. The summed E-state index contributed by atoms with van der Waals surface area (Å²) in [6.07, 6.45) is 1.30. The minimum Gasteiger partial charge on any atom is -0.324 e. The molecule has 0 bridgehead atoms. The van der Waals surface area contributed by atoms with Crippen molar-refractivity contribution in [3.8, 4) is 0 Å². The molecule has 1 amide bonds. The van der Waals surface area contributed by atoms with Crippen molar-refractivity contribution >= 4 is 32.7 Å². The molecule has 3 rings (SSSR count). The lowest BCUT2D eigenvalue weighted by Crippen LogP contribution is -2.37. The first-order chi connectivity index (χ1) is 13.6. The molecule has 0 aliphatic carbocycles. The van der Waals surface area contributed by atoms with Crippen molar-refractivity contribution < 1.29 is 13.2 Å². The predicted molar refractivity (Wildman–Crippen MR) is 107 cm³/mol. The van der Waals surface area contributed by atoms with Crippen molar-refractivity contribution in [1.29, 1.82) is 0 Å². The van der Waals surface area contributed by atoms with Gasteiger partial charge in [0.25, 0.3) is 5.56 Å². The average molecular weight is 417 g/mol. The molecule has 0 spiro atoms. The molecule has 0 saturated heterocycles. The number of carbonyl (C=O) groups excluding carboxylic acids is 1. The molecule has 152 valence electrons. The lowest BCUT2D eigenvalue weighted by molar-refractivity contribution is -0.116. The minimum atomic E-state index is -3.82. The Morgan fingerprint density at radius 2 is 1.79 bits per heavy atom. The van der Waals surface area contributed by atoms with Gasteiger partial charge in [0.15, 0.2) is 0 Å². The minimum absolute atomic E-state index is 0.0760. The van der Waals surface area contributed by atoms with Crippen LogP contribution in [0.1, 0.15) is 0 Å². The molecule has 0 aliphatic rings. The molecule has 2 heterocycles. The van der Waals surface area contributed by atoms with Gasteiger partial charge < -0.3 is 5.32 Å². The van der Waals surface area contributed by atoms with Gasteiger partial charge in [-0.15, -0.1) is 0 Å². The van der Waals surface area contributed by atoms with Crippen LogP contribution in [0.5, 0.6) is 0 Å². The van der Waals surface area contributed by atoms with Crippen molar-refractivity contribution in [2.45, 2.75) is 4.90 Å². The summed E-state index contributed by atoms with van der Waals surface area (Å²) in [4.78, 5) is 40.7. The van der Waals surface area contributed by atoms with Gasteiger partial charge in [-0.2, -0.15) is 4.31 Å². The number of aryl methyl sites for hydroxylation is 1. The van der Waals surface area contributed by atoms with E-state index in [4.69, 9.17) is 0 Å². The summed E-state index contributed by atoms with van der Waals surface area (Å²) in [6.45, 7) is -0.430. The van der Waals surface area contributed by atoms with Crippen LogP contribution in [0.4, 0.5) is 5.69 Å². The maximum Gasteiger partial charge on any atom is 0.332 e. The Morgan fingerprint density at radius 3 is 2.45 bits per heavy atom. The first-order valence-electron chi connectivity index (χ1n) is 8.50. The third-order valence-corrected chi connectivity index (χ3v) is 6.21. The number of amides is 1. The van der Waals surface area contributed by atoms with Gasteiger partial charge in [0.2, 0.25) is 15.9 Å². The molecular weight excluding hydrogens is 398 g/mol. The van der Waals surface area contributed by atoms with Gasteiger partial charge in [0.1, 0.15) is 5.65 Å².